The van der Waals surface area contributed by atoms with E-state index in [1.165, 1.54) is 11.8 Å². The molecule has 22 heavy (non-hydrogen) atoms. The minimum Gasteiger partial charge on any atom is -0.363 e. The highest BCUT2D eigenvalue weighted by atomic mass is 35.5. The number of amides is 1. The van der Waals surface area contributed by atoms with E-state index in [1.54, 1.807) is 6.20 Å². The maximum atomic E-state index is 12.2. The molecule has 0 aliphatic heterocycles. The molecule has 0 saturated heterocycles. The number of hydrogen-bond donors (Lipinski definition) is 1. The summed E-state index contributed by atoms with van der Waals surface area (Å²) in [5.74, 6) is 0.793. The summed E-state index contributed by atoms with van der Waals surface area (Å²) in [7, 11) is 3.84. The van der Waals surface area contributed by atoms with Crippen molar-refractivity contribution in [2.75, 3.05) is 24.3 Å². The highest BCUT2D eigenvalue weighted by Crippen LogP contribution is 2.25. The lowest BCUT2D eigenvalue weighted by molar-refractivity contribution is -0.115. The van der Waals surface area contributed by atoms with Crippen molar-refractivity contribution in [1.82, 2.24) is 4.98 Å². The molecule has 0 fully saturated rings. The fourth-order valence-electron chi connectivity index (χ4n) is 1.74. The molecule has 1 heterocycles. The predicted molar refractivity (Wildman–Crippen MR) is 94.0 cm³/mol. The Bertz CT molecular complexity index is 629. The number of thioether (sulfide) groups is 1. The standard InChI is InChI=1S/C16H18ClN3OS/c1-11(22-14-7-4-12(17)5-8-14)16(21)19-13-6-9-15(18-10-13)20(2)3/h4-11H,1-3H3,(H,19,21)/t11-/m1/s1. The van der Waals surface area contributed by atoms with Gasteiger partial charge in [-0.1, -0.05) is 11.6 Å². The molecular formula is C16H18ClN3OS. The molecule has 1 aromatic carbocycles. The number of carbonyl (C=O) groups is 1. The summed E-state index contributed by atoms with van der Waals surface area (Å²) < 4.78 is 0. The van der Waals surface area contributed by atoms with Crippen LogP contribution >= 0.6 is 23.4 Å². The number of hydrogen-bond acceptors (Lipinski definition) is 4. The quantitative estimate of drug-likeness (QED) is 0.841. The monoisotopic (exact) mass is 335 g/mol. The van der Waals surface area contributed by atoms with Gasteiger partial charge >= 0.3 is 0 Å². The maximum Gasteiger partial charge on any atom is 0.237 e. The van der Waals surface area contributed by atoms with E-state index < -0.39 is 0 Å². The van der Waals surface area contributed by atoms with Gasteiger partial charge in [-0.2, -0.15) is 0 Å². The Labute approximate surface area is 139 Å². The molecule has 2 aromatic rings. The van der Waals surface area contributed by atoms with Crippen LogP contribution in [-0.4, -0.2) is 30.2 Å². The third-order valence-electron chi connectivity index (χ3n) is 2.97. The van der Waals surface area contributed by atoms with E-state index in [4.69, 9.17) is 11.6 Å². The van der Waals surface area contributed by atoms with Crippen LogP contribution in [0.25, 0.3) is 0 Å². The van der Waals surface area contributed by atoms with Gasteiger partial charge in [-0.15, -0.1) is 11.8 Å². The first-order valence-electron chi connectivity index (χ1n) is 6.82. The first kappa shape index (κ1) is 16.6. The number of pyridine rings is 1. The van der Waals surface area contributed by atoms with Gasteiger partial charge in [0, 0.05) is 24.0 Å². The summed E-state index contributed by atoms with van der Waals surface area (Å²) in [4.78, 5) is 19.4. The van der Waals surface area contributed by atoms with Crippen LogP contribution in [0.2, 0.25) is 5.02 Å². The van der Waals surface area contributed by atoms with Crippen molar-refractivity contribution in [3.8, 4) is 0 Å². The number of nitrogens with zero attached hydrogens (tertiary/aromatic N) is 2. The number of rotatable bonds is 5. The first-order valence-corrected chi connectivity index (χ1v) is 8.08. The zero-order valence-electron chi connectivity index (χ0n) is 12.7. The second-order valence-electron chi connectivity index (χ2n) is 5.00. The van der Waals surface area contributed by atoms with Crippen LogP contribution in [-0.2, 0) is 4.79 Å². The van der Waals surface area contributed by atoms with Crippen LogP contribution in [0.1, 0.15) is 6.92 Å². The molecule has 0 unspecified atom stereocenters. The van der Waals surface area contributed by atoms with Gasteiger partial charge < -0.3 is 10.2 Å². The van der Waals surface area contributed by atoms with Crippen LogP contribution in [0.4, 0.5) is 11.5 Å². The molecule has 1 atom stereocenters. The third kappa shape index (κ3) is 4.64. The van der Waals surface area contributed by atoms with E-state index in [-0.39, 0.29) is 11.2 Å². The Balaban J connectivity index is 1.94. The van der Waals surface area contributed by atoms with E-state index >= 15 is 0 Å². The van der Waals surface area contributed by atoms with Gasteiger partial charge in [0.05, 0.1) is 17.1 Å². The van der Waals surface area contributed by atoms with Gasteiger partial charge in [0.2, 0.25) is 5.91 Å². The number of halogens is 1. The molecular weight excluding hydrogens is 318 g/mol. The fraction of sp³-hybridized carbons (Fsp3) is 0.250. The van der Waals surface area contributed by atoms with Crippen molar-refractivity contribution >= 4 is 40.8 Å². The second-order valence-corrected chi connectivity index (χ2v) is 6.85. The maximum absolute atomic E-state index is 12.2. The molecule has 6 heteroatoms. The fourth-order valence-corrected chi connectivity index (χ4v) is 2.73. The number of aromatic nitrogens is 1. The van der Waals surface area contributed by atoms with Gasteiger partial charge in [0.25, 0.3) is 0 Å². The Morgan fingerprint density at radius 2 is 1.91 bits per heavy atom. The minimum absolute atomic E-state index is 0.0562. The summed E-state index contributed by atoms with van der Waals surface area (Å²) in [6.45, 7) is 1.87. The molecule has 0 radical (unpaired) electrons. The average molecular weight is 336 g/mol. The number of anilines is 2. The third-order valence-corrected chi connectivity index (χ3v) is 4.33. The lowest BCUT2D eigenvalue weighted by atomic mass is 10.3. The van der Waals surface area contributed by atoms with Gasteiger partial charge in [-0.05, 0) is 43.3 Å². The summed E-state index contributed by atoms with van der Waals surface area (Å²) >= 11 is 7.34. The van der Waals surface area contributed by atoms with Crippen molar-refractivity contribution < 1.29 is 4.79 Å². The average Bonchev–Trinajstić information content (AvgIpc) is 2.50. The van der Waals surface area contributed by atoms with Crippen LogP contribution in [0.15, 0.2) is 47.5 Å². The van der Waals surface area contributed by atoms with Gasteiger partial charge in [0.15, 0.2) is 0 Å². The minimum atomic E-state index is -0.213. The zero-order valence-corrected chi connectivity index (χ0v) is 14.3. The Morgan fingerprint density at radius 3 is 2.45 bits per heavy atom. The molecule has 4 nitrogen and oxygen atoms in total. The topological polar surface area (TPSA) is 45.2 Å². The number of carbonyl (C=O) groups excluding carboxylic acids is 1. The van der Waals surface area contributed by atoms with E-state index in [9.17, 15) is 4.79 Å². The molecule has 0 bridgehead atoms. The molecule has 116 valence electrons. The molecule has 0 aliphatic carbocycles. The van der Waals surface area contributed by atoms with E-state index in [0.717, 1.165) is 10.7 Å². The van der Waals surface area contributed by atoms with Gasteiger partial charge in [-0.3, -0.25) is 4.79 Å². The predicted octanol–water partition coefficient (Wildman–Crippen LogP) is 3.92. The van der Waals surface area contributed by atoms with Gasteiger partial charge in [-0.25, -0.2) is 4.98 Å². The van der Waals surface area contributed by atoms with E-state index in [1.807, 2.05) is 62.3 Å². The van der Waals surface area contributed by atoms with Crippen LogP contribution in [0.3, 0.4) is 0 Å². The lowest BCUT2D eigenvalue weighted by Gasteiger charge is -2.14. The largest absolute Gasteiger partial charge is 0.363 e. The molecule has 0 saturated carbocycles. The Kier molecular flexibility index (Phi) is 5.69. The van der Waals surface area contributed by atoms with E-state index in [2.05, 4.69) is 10.3 Å². The lowest BCUT2D eigenvalue weighted by Crippen LogP contribution is -2.22. The summed E-state index contributed by atoms with van der Waals surface area (Å²) in [5, 5.41) is 3.35. The van der Waals surface area contributed by atoms with Gasteiger partial charge in [0.1, 0.15) is 5.82 Å². The Hall–Kier alpha value is -1.72. The SMILES string of the molecule is C[C@@H](Sc1ccc(Cl)cc1)C(=O)Nc1ccc(N(C)C)nc1. The first-order chi connectivity index (χ1) is 10.5. The number of nitrogens with one attached hydrogen (secondary N) is 1. The van der Waals surface area contributed by atoms with Crippen LogP contribution in [0.5, 0.6) is 0 Å². The Morgan fingerprint density at radius 1 is 1.23 bits per heavy atom. The molecule has 0 aliphatic rings. The highest BCUT2D eigenvalue weighted by molar-refractivity contribution is 8.00. The smallest absolute Gasteiger partial charge is 0.237 e. The summed E-state index contributed by atoms with van der Waals surface area (Å²) in [5.41, 5.74) is 0.694. The van der Waals surface area contributed by atoms with Crippen molar-refractivity contribution in [1.29, 1.82) is 0 Å². The van der Waals surface area contributed by atoms with Crippen molar-refractivity contribution in [2.45, 2.75) is 17.1 Å². The van der Waals surface area contributed by atoms with Crippen molar-refractivity contribution in [3.63, 3.8) is 0 Å². The number of benzene rings is 1. The molecule has 0 spiro atoms. The molecule has 1 N–H and O–H groups in total. The zero-order chi connectivity index (χ0) is 16.1. The molecule has 1 amide bonds. The van der Waals surface area contributed by atoms with Crippen molar-refractivity contribution in [3.05, 3.63) is 47.6 Å². The molecule has 2 rings (SSSR count). The van der Waals surface area contributed by atoms with Crippen molar-refractivity contribution in [2.24, 2.45) is 0 Å². The highest BCUT2D eigenvalue weighted by Gasteiger charge is 2.14. The van der Waals surface area contributed by atoms with Crippen LogP contribution < -0.4 is 10.2 Å². The van der Waals surface area contributed by atoms with E-state index in [0.29, 0.717) is 10.7 Å². The molecule has 1 aromatic heterocycles. The second kappa shape index (κ2) is 7.51. The summed E-state index contributed by atoms with van der Waals surface area (Å²) in [6.07, 6.45) is 1.66. The normalized spacial score (nSPS) is 11.8. The summed E-state index contributed by atoms with van der Waals surface area (Å²) in [6, 6.07) is 11.2. The van der Waals surface area contributed by atoms with Crippen LogP contribution in [0, 0.1) is 0 Å².